The Morgan fingerprint density at radius 2 is 1.80 bits per heavy atom. The van der Waals surface area contributed by atoms with Gasteiger partial charge >= 0.3 is 6.18 Å². The van der Waals surface area contributed by atoms with Crippen molar-refractivity contribution in [3.63, 3.8) is 0 Å². The standard InChI is InChI=1S/C26H20F5N5O5/c1-24(22(32)38)10-40-19-14(24)8-17(36-18(19)11-2-4-13(27)5-3-11)25(39,26(29,30)31)9-34-21(37)12-6-15(28)20-16(7-12)35-23(33)41-20/h2-8,39H,9-10H2,1H3,(H2,32,38)(H2,33,35)(H,34,37)/t24-,25?/m0/s1. The van der Waals surface area contributed by atoms with Gasteiger partial charge in [-0.1, -0.05) is 0 Å². The number of aromatic nitrogens is 2. The summed E-state index contributed by atoms with van der Waals surface area (Å²) in [6.45, 7) is -0.466. The summed E-state index contributed by atoms with van der Waals surface area (Å²) in [5, 5.41) is 13.0. The van der Waals surface area contributed by atoms with Crippen LogP contribution in [0.4, 0.5) is 28.0 Å². The summed E-state index contributed by atoms with van der Waals surface area (Å²) in [6, 6.07) is 6.68. The highest BCUT2D eigenvalue weighted by Gasteiger charge is 2.57. The minimum absolute atomic E-state index is 0.0779. The molecule has 0 saturated carbocycles. The molecule has 1 aliphatic rings. The number of aliphatic hydroxyl groups is 1. The Hall–Kier alpha value is -4.79. The van der Waals surface area contributed by atoms with Crippen molar-refractivity contribution >= 4 is 28.9 Å². The molecule has 10 nitrogen and oxygen atoms in total. The third-order valence-corrected chi connectivity index (χ3v) is 6.86. The lowest BCUT2D eigenvalue weighted by Crippen LogP contribution is -2.51. The number of alkyl halides is 3. The highest BCUT2D eigenvalue weighted by atomic mass is 19.4. The van der Waals surface area contributed by atoms with Crippen molar-refractivity contribution < 1.29 is 45.8 Å². The third-order valence-electron chi connectivity index (χ3n) is 6.86. The molecule has 1 unspecified atom stereocenters. The van der Waals surface area contributed by atoms with E-state index in [-0.39, 0.29) is 40.3 Å². The second kappa shape index (κ2) is 9.40. The lowest BCUT2D eigenvalue weighted by atomic mass is 9.81. The first-order valence-electron chi connectivity index (χ1n) is 11.8. The van der Waals surface area contributed by atoms with Gasteiger partial charge in [-0.25, -0.2) is 13.8 Å². The van der Waals surface area contributed by atoms with Gasteiger partial charge in [-0.15, -0.1) is 0 Å². The summed E-state index contributed by atoms with van der Waals surface area (Å²) in [6.07, 6.45) is -5.43. The number of anilines is 1. The first-order valence-corrected chi connectivity index (χ1v) is 11.8. The highest BCUT2D eigenvalue weighted by Crippen LogP contribution is 2.47. The predicted molar refractivity (Wildman–Crippen MR) is 132 cm³/mol. The quantitative estimate of drug-likeness (QED) is 0.254. The van der Waals surface area contributed by atoms with E-state index in [4.69, 9.17) is 20.6 Å². The Morgan fingerprint density at radius 3 is 2.44 bits per heavy atom. The maximum Gasteiger partial charge on any atom is 0.424 e. The summed E-state index contributed by atoms with van der Waals surface area (Å²) in [4.78, 5) is 32.8. The zero-order chi connectivity index (χ0) is 29.9. The predicted octanol–water partition coefficient (Wildman–Crippen LogP) is 3.07. The van der Waals surface area contributed by atoms with E-state index in [1.54, 1.807) is 0 Å². The molecule has 6 N–H and O–H groups in total. The molecule has 15 heteroatoms. The molecule has 0 bridgehead atoms. The van der Waals surface area contributed by atoms with E-state index >= 15 is 0 Å². The number of amides is 2. The average Bonchev–Trinajstić information content (AvgIpc) is 3.46. The van der Waals surface area contributed by atoms with E-state index in [1.165, 1.54) is 19.1 Å². The number of rotatable bonds is 6. The van der Waals surface area contributed by atoms with Gasteiger partial charge in [0.05, 0.1) is 12.2 Å². The maximum absolute atomic E-state index is 14.5. The van der Waals surface area contributed by atoms with Crippen molar-refractivity contribution in [2.75, 3.05) is 18.9 Å². The van der Waals surface area contributed by atoms with Crippen molar-refractivity contribution in [2.45, 2.75) is 24.1 Å². The van der Waals surface area contributed by atoms with Crippen molar-refractivity contribution in [1.82, 2.24) is 15.3 Å². The van der Waals surface area contributed by atoms with E-state index in [2.05, 4.69) is 9.97 Å². The van der Waals surface area contributed by atoms with Gasteiger partial charge < -0.3 is 31.0 Å². The summed E-state index contributed by atoms with van der Waals surface area (Å²) >= 11 is 0. The number of nitrogens with zero attached hydrogens (tertiary/aromatic N) is 2. The van der Waals surface area contributed by atoms with Crippen LogP contribution in [0.25, 0.3) is 22.4 Å². The van der Waals surface area contributed by atoms with Crippen LogP contribution >= 0.6 is 0 Å². The van der Waals surface area contributed by atoms with Gasteiger partial charge in [-0.3, -0.25) is 9.59 Å². The zero-order valence-electron chi connectivity index (χ0n) is 21.0. The van der Waals surface area contributed by atoms with Crippen LogP contribution in [-0.4, -0.2) is 46.2 Å². The minimum Gasteiger partial charge on any atom is -0.489 e. The molecule has 2 atom stereocenters. The first-order chi connectivity index (χ1) is 19.1. The Morgan fingerprint density at radius 1 is 1.12 bits per heavy atom. The van der Waals surface area contributed by atoms with E-state index in [1.807, 2.05) is 5.32 Å². The summed E-state index contributed by atoms with van der Waals surface area (Å²) in [7, 11) is 0. The van der Waals surface area contributed by atoms with Crippen LogP contribution in [0.2, 0.25) is 0 Å². The van der Waals surface area contributed by atoms with E-state index in [0.29, 0.717) is 6.07 Å². The SMILES string of the molecule is C[C@]1(C(N)=O)COc2c1cc(C(O)(CNC(=O)c1cc(F)c3oc(N)nc3c1)C(F)(F)F)nc2-c1ccc(F)cc1. The van der Waals surface area contributed by atoms with Crippen LogP contribution in [0, 0.1) is 11.6 Å². The smallest absolute Gasteiger partial charge is 0.424 e. The Labute approximate surface area is 227 Å². The zero-order valence-corrected chi connectivity index (χ0v) is 21.0. The third kappa shape index (κ3) is 4.57. The first kappa shape index (κ1) is 27.8. The molecule has 1 aliphatic heterocycles. The largest absolute Gasteiger partial charge is 0.489 e. The maximum atomic E-state index is 14.5. The van der Waals surface area contributed by atoms with Crippen LogP contribution in [0.5, 0.6) is 5.75 Å². The van der Waals surface area contributed by atoms with E-state index in [0.717, 1.165) is 24.3 Å². The number of primary amides is 1. The Balaban J connectivity index is 1.59. The Kier molecular flexibility index (Phi) is 6.37. The molecule has 0 aliphatic carbocycles. The van der Waals surface area contributed by atoms with Crippen molar-refractivity contribution in [1.29, 1.82) is 0 Å². The number of nitrogens with two attached hydrogens (primary N) is 2. The van der Waals surface area contributed by atoms with Gasteiger partial charge in [0.1, 0.15) is 34.8 Å². The monoisotopic (exact) mass is 577 g/mol. The van der Waals surface area contributed by atoms with Gasteiger partial charge in [0.25, 0.3) is 11.9 Å². The van der Waals surface area contributed by atoms with Gasteiger partial charge in [0, 0.05) is 16.7 Å². The fourth-order valence-corrected chi connectivity index (χ4v) is 4.39. The number of carbonyl (C=O) groups excluding carboxylic acids is 2. The molecular formula is C26H20F5N5O5. The number of hydrogen-bond donors (Lipinski definition) is 4. The van der Waals surface area contributed by atoms with Gasteiger partial charge in [-0.2, -0.15) is 18.2 Å². The van der Waals surface area contributed by atoms with Crippen LogP contribution in [0.15, 0.2) is 46.9 Å². The number of pyridine rings is 1. The molecule has 0 spiro atoms. The molecule has 0 fully saturated rings. The summed E-state index contributed by atoms with van der Waals surface area (Å²) < 4.78 is 81.9. The van der Waals surface area contributed by atoms with E-state index < -0.39 is 64.5 Å². The molecule has 3 heterocycles. The fourth-order valence-electron chi connectivity index (χ4n) is 4.39. The molecule has 2 amide bonds. The lowest BCUT2D eigenvalue weighted by Gasteiger charge is -2.31. The minimum atomic E-state index is -5.43. The highest BCUT2D eigenvalue weighted by molar-refractivity contribution is 5.97. The molecule has 2 aromatic heterocycles. The molecule has 0 saturated heterocycles. The number of benzene rings is 2. The molecule has 5 rings (SSSR count). The second-order valence-electron chi connectivity index (χ2n) is 9.62. The topological polar surface area (TPSA) is 167 Å². The lowest BCUT2D eigenvalue weighted by molar-refractivity contribution is -0.265. The number of nitrogen functional groups attached to an aromatic ring is 1. The number of ether oxygens (including phenoxy) is 1. The number of nitrogens with one attached hydrogen (secondary N) is 1. The van der Waals surface area contributed by atoms with Crippen LogP contribution in [0.1, 0.15) is 28.5 Å². The fraction of sp³-hybridized carbons (Fsp3) is 0.231. The van der Waals surface area contributed by atoms with Crippen molar-refractivity contribution in [3.8, 4) is 17.0 Å². The molecule has 0 radical (unpaired) electrons. The molecule has 41 heavy (non-hydrogen) atoms. The number of carbonyl (C=O) groups is 2. The molecule has 4 aromatic rings. The van der Waals surface area contributed by atoms with Gasteiger partial charge in [0.2, 0.25) is 11.5 Å². The average molecular weight is 577 g/mol. The van der Waals surface area contributed by atoms with Crippen LogP contribution in [0.3, 0.4) is 0 Å². The summed E-state index contributed by atoms with van der Waals surface area (Å²) in [5.74, 6) is -3.88. The van der Waals surface area contributed by atoms with Crippen LogP contribution < -0.4 is 21.5 Å². The number of fused-ring (bicyclic) bond motifs is 2. The summed E-state index contributed by atoms with van der Waals surface area (Å²) in [5.41, 5.74) is 3.32. The molecule has 2 aromatic carbocycles. The number of halogens is 5. The van der Waals surface area contributed by atoms with E-state index in [9.17, 15) is 36.6 Å². The van der Waals surface area contributed by atoms with Crippen molar-refractivity contribution in [2.24, 2.45) is 5.73 Å². The Bertz CT molecular complexity index is 1710. The van der Waals surface area contributed by atoms with Gasteiger partial charge in [-0.05, 0) is 49.4 Å². The number of oxazole rings is 1. The van der Waals surface area contributed by atoms with Gasteiger partial charge in [0.15, 0.2) is 11.4 Å². The molecule has 214 valence electrons. The van der Waals surface area contributed by atoms with Crippen LogP contribution in [-0.2, 0) is 15.8 Å². The molecular weight excluding hydrogens is 557 g/mol. The van der Waals surface area contributed by atoms with Crippen molar-refractivity contribution in [3.05, 3.63) is 70.9 Å². The second-order valence-corrected chi connectivity index (χ2v) is 9.62. The number of hydrogen-bond acceptors (Lipinski definition) is 8. The normalized spacial score (nSPS) is 18.0.